The summed E-state index contributed by atoms with van der Waals surface area (Å²) in [5, 5.41) is 3.81. The van der Waals surface area contributed by atoms with Crippen molar-refractivity contribution in [3.8, 4) is 0 Å². The molecular formula is C18H36N2. The summed E-state index contributed by atoms with van der Waals surface area (Å²) in [5.74, 6) is 1.84. The van der Waals surface area contributed by atoms with Crippen molar-refractivity contribution in [3.63, 3.8) is 0 Å². The molecule has 20 heavy (non-hydrogen) atoms. The third-order valence-electron chi connectivity index (χ3n) is 6.11. The molecule has 2 aliphatic rings. The van der Waals surface area contributed by atoms with Crippen LogP contribution in [0.5, 0.6) is 0 Å². The van der Waals surface area contributed by atoms with Crippen molar-refractivity contribution in [3.05, 3.63) is 0 Å². The van der Waals surface area contributed by atoms with Gasteiger partial charge in [-0.1, -0.05) is 48.0 Å². The van der Waals surface area contributed by atoms with Gasteiger partial charge in [0.2, 0.25) is 0 Å². The van der Waals surface area contributed by atoms with E-state index in [2.05, 4.69) is 51.8 Å². The van der Waals surface area contributed by atoms with Crippen LogP contribution in [0.15, 0.2) is 0 Å². The highest BCUT2D eigenvalue weighted by Crippen LogP contribution is 2.39. The van der Waals surface area contributed by atoms with E-state index in [1.807, 2.05) is 0 Å². The average molecular weight is 280 g/mol. The zero-order valence-corrected chi connectivity index (χ0v) is 14.6. The van der Waals surface area contributed by atoms with Crippen molar-refractivity contribution in [2.45, 2.75) is 85.4 Å². The second-order valence-corrected chi connectivity index (χ2v) is 8.26. The van der Waals surface area contributed by atoms with Crippen LogP contribution in [0.25, 0.3) is 0 Å². The fraction of sp³-hybridized carbons (Fsp3) is 1.00. The SMILES string of the molecule is CCC1CCC(N2CC(C(C)(C)C)NCC2CC)C1C. The second-order valence-electron chi connectivity index (χ2n) is 8.26. The average Bonchev–Trinajstić information content (AvgIpc) is 2.78. The van der Waals surface area contributed by atoms with Crippen molar-refractivity contribution in [1.29, 1.82) is 0 Å². The Morgan fingerprint density at radius 3 is 2.30 bits per heavy atom. The molecule has 1 aliphatic heterocycles. The largest absolute Gasteiger partial charge is 0.311 e. The Kier molecular flexibility index (Phi) is 5.18. The molecule has 1 saturated carbocycles. The highest BCUT2D eigenvalue weighted by molar-refractivity contribution is 4.98. The molecule has 0 spiro atoms. The van der Waals surface area contributed by atoms with Crippen molar-refractivity contribution in [1.82, 2.24) is 10.2 Å². The fourth-order valence-electron chi connectivity index (χ4n) is 4.45. The highest BCUT2D eigenvalue weighted by Gasteiger charge is 2.41. The van der Waals surface area contributed by atoms with Crippen LogP contribution in [0.1, 0.15) is 67.2 Å². The maximum absolute atomic E-state index is 3.81. The molecule has 2 fully saturated rings. The molecular weight excluding hydrogens is 244 g/mol. The first kappa shape index (κ1) is 16.3. The summed E-state index contributed by atoms with van der Waals surface area (Å²) >= 11 is 0. The number of hydrogen-bond donors (Lipinski definition) is 1. The quantitative estimate of drug-likeness (QED) is 0.843. The zero-order valence-electron chi connectivity index (χ0n) is 14.6. The normalized spacial score (nSPS) is 40.2. The monoisotopic (exact) mass is 280 g/mol. The Morgan fingerprint density at radius 1 is 1.10 bits per heavy atom. The first-order chi connectivity index (χ1) is 9.38. The van der Waals surface area contributed by atoms with Gasteiger partial charge >= 0.3 is 0 Å². The molecule has 1 N–H and O–H groups in total. The van der Waals surface area contributed by atoms with Gasteiger partial charge in [0.25, 0.3) is 0 Å². The molecule has 118 valence electrons. The van der Waals surface area contributed by atoms with E-state index in [1.165, 1.54) is 38.8 Å². The number of hydrogen-bond acceptors (Lipinski definition) is 2. The molecule has 0 amide bonds. The minimum absolute atomic E-state index is 0.364. The van der Waals surface area contributed by atoms with Gasteiger partial charge in [-0.2, -0.15) is 0 Å². The smallest absolute Gasteiger partial charge is 0.0244 e. The minimum Gasteiger partial charge on any atom is -0.311 e. The molecule has 1 aliphatic carbocycles. The molecule has 2 nitrogen and oxygen atoms in total. The van der Waals surface area contributed by atoms with Crippen LogP contribution in [0.4, 0.5) is 0 Å². The summed E-state index contributed by atoms with van der Waals surface area (Å²) in [5.41, 5.74) is 0.364. The molecule has 0 aromatic rings. The number of piperazine rings is 1. The lowest BCUT2D eigenvalue weighted by Crippen LogP contribution is -2.63. The van der Waals surface area contributed by atoms with E-state index < -0.39 is 0 Å². The van der Waals surface area contributed by atoms with E-state index in [1.54, 1.807) is 0 Å². The van der Waals surface area contributed by atoms with Crippen molar-refractivity contribution in [2.75, 3.05) is 13.1 Å². The van der Waals surface area contributed by atoms with E-state index in [9.17, 15) is 0 Å². The lowest BCUT2D eigenvalue weighted by molar-refractivity contribution is 0.0319. The summed E-state index contributed by atoms with van der Waals surface area (Å²) in [6.07, 6.45) is 5.52. The van der Waals surface area contributed by atoms with Crippen LogP contribution >= 0.6 is 0 Å². The van der Waals surface area contributed by atoms with Crippen LogP contribution in [0.2, 0.25) is 0 Å². The minimum atomic E-state index is 0.364. The third kappa shape index (κ3) is 3.22. The summed E-state index contributed by atoms with van der Waals surface area (Å²) < 4.78 is 0. The van der Waals surface area contributed by atoms with Crippen molar-refractivity contribution in [2.24, 2.45) is 17.3 Å². The Labute approximate surface area is 126 Å². The van der Waals surface area contributed by atoms with Gasteiger partial charge in [-0.05, 0) is 36.5 Å². The molecule has 0 aromatic heterocycles. The van der Waals surface area contributed by atoms with Crippen LogP contribution in [-0.2, 0) is 0 Å². The summed E-state index contributed by atoms with van der Waals surface area (Å²) in [7, 11) is 0. The highest BCUT2D eigenvalue weighted by atomic mass is 15.3. The van der Waals surface area contributed by atoms with Crippen molar-refractivity contribution < 1.29 is 0 Å². The molecule has 2 heteroatoms. The molecule has 0 bridgehead atoms. The number of rotatable bonds is 3. The summed E-state index contributed by atoms with van der Waals surface area (Å²) in [4.78, 5) is 2.88. The van der Waals surface area contributed by atoms with E-state index in [0.717, 1.165) is 23.9 Å². The van der Waals surface area contributed by atoms with Gasteiger partial charge in [0.05, 0.1) is 0 Å². The first-order valence-corrected chi connectivity index (χ1v) is 8.87. The molecule has 1 saturated heterocycles. The molecule has 1 heterocycles. The van der Waals surface area contributed by atoms with Crippen LogP contribution in [0.3, 0.4) is 0 Å². The maximum atomic E-state index is 3.81. The molecule has 0 radical (unpaired) electrons. The predicted octanol–water partition coefficient (Wildman–Crippen LogP) is 3.91. The molecule has 2 rings (SSSR count). The van der Waals surface area contributed by atoms with Crippen molar-refractivity contribution >= 4 is 0 Å². The summed E-state index contributed by atoms with van der Waals surface area (Å²) in [6.45, 7) is 16.8. The molecule has 5 unspecified atom stereocenters. The fourth-order valence-corrected chi connectivity index (χ4v) is 4.45. The zero-order chi connectivity index (χ0) is 14.9. The van der Waals surface area contributed by atoms with Gasteiger partial charge < -0.3 is 5.32 Å². The van der Waals surface area contributed by atoms with Gasteiger partial charge in [0, 0.05) is 31.2 Å². The van der Waals surface area contributed by atoms with E-state index in [4.69, 9.17) is 0 Å². The number of nitrogens with one attached hydrogen (secondary N) is 1. The Morgan fingerprint density at radius 2 is 1.80 bits per heavy atom. The molecule has 0 aromatic carbocycles. The van der Waals surface area contributed by atoms with Gasteiger partial charge in [-0.15, -0.1) is 0 Å². The van der Waals surface area contributed by atoms with E-state index in [0.29, 0.717) is 11.5 Å². The van der Waals surface area contributed by atoms with E-state index >= 15 is 0 Å². The van der Waals surface area contributed by atoms with Gasteiger partial charge in [-0.3, -0.25) is 4.90 Å². The van der Waals surface area contributed by atoms with E-state index in [-0.39, 0.29) is 0 Å². The Bertz CT molecular complexity index is 307. The Balaban J connectivity index is 2.10. The van der Waals surface area contributed by atoms with Crippen LogP contribution in [0, 0.1) is 17.3 Å². The maximum Gasteiger partial charge on any atom is 0.0244 e. The second kappa shape index (κ2) is 6.36. The first-order valence-electron chi connectivity index (χ1n) is 8.87. The van der Waals surface area contributed by atoms with Gasteiger partial charge in [0.15, 0.2) is 0 Å². The van der Waals surface area contributed by atoms with Gasteiger partial charge in [0.1, 0.15) is 0 Å². The topological polar surface area (TPSA) is 15.3 Å². The third-order valence-corrected chi connectivity index (χ3v) is 6.11. The molecule has 5 atom stereocenters. The lowest BCUT2D eigenvalue weighted by atomic mass is 9.83. The predicted molar refractivity (Wildman–Crippen MR) is 88.0 cm³/mol. The van der Waals surface area contributed by atoms with Crippen LogP contribution < -0.4 is 5.32 Å². The number of nitrogens with zero attached hydrogens (tertiary/aromatic N) is 1. The summed E-state index contributed by atoms with van der Waals surface area (Å²) in [6, 6.07) is 2.21. The van der Waals surface area contributed by atoms with Gasteiger partial charge in [-0.25, -0.2) is 0 Å². The Hall–Kier alpha value is -0.0800. The lowest BCUT2D eigenvalue weighted by Gasteiger charge is -2.48. The van der Waals surface area contributed by atoms with Crippen LogP contribution in [-0.4, -0.2) is 36.1 Å². The standard InChI is InChI=1S/C18H36N2/c1-7-14-9-10-16(13(14)3)20-12-17(18(4,5)6)19-11-15(20)8-2/h13-17,19H,7-12H2,1-6H3.